The van der Waals surface area contributed by atoms with Crippen LogP contribution in [0.15, 0.2) is 17.5 Å². The van der Waals surface area contributed by atoms with Gasteiger partial charge in [0.2, 0.25) is 5.95 Å². The van der Waals surface area contributed by atoms with Gasteiger partial charge in [0.1, 0.15) is 5.82 Å². The minimum Gasteiger partial charge on any atom is -0.396 e. The quantitative estimate of drug-likeness (QED) is 0.807. The summed E-state index contributed by atoms with van der Waals surface area (Å²) in [6.07, 6.45) is 2.00. The van der Waals surface area contributed by atoms with Crippen LogP contribution in [-0.2, 0) is 0 Å². The fourth-order valence-corrected chi connectivity index (χ4v) is 4.14. The van der Waals surface area contributed by atoms with Crippen molar-refractivity contribution in [3.05, 3.63) is 23.2 Å². The summed E-state index contributed by atoms with van der Waals surface area (Å²) in [4.78, 5) is 9.88. The van der Waals surface area contributed by atoms with Gasteiger partial charge in [-0.25, -0.2) is 4.98 Å². The Hall–Kier alpha value is -1.66. The summed E-state index contributed by atoms with van der Waals surface area (Å²) in [7, 11) is 0. The van der Waals surface area contributed by atoms with E-state index in [9.17, 15) is 5.11 Å². The zero-order chi connectivity index (χ0) is 15.7. The predicted octanol–water partition coefficient (Wildman–Crippen LogP) is 2.91. The molecule has 0 amide bonds. The second-order valence-electron chi connectivity index (χ2n) is 6.10. The van der Waals surface area contributed by atoms with Crippen molar-refractivity contribution in [3.8, 4) is 10.4 Å². The predicted molar refractivity (Wildman–Crippen MR) is 90.9 cm³/mol. The van der Waals surface area contributed by atoms with Crippen LogP contribution in [0.2, 0.25) is 0 Å². The van der Waals surface area contributed by atoms with Crippen LogP contribution in [-0.4, -0.2) is 27.7 Å². The first-order valence-electron chi connectivity index (χ1n) is 7.64. The Labute approximate surface area is 134 Å². The lowest BCUT2D eigenvalue weighted by molar-refractivity contribution is 0.201. The van der Waals surface area contributed by atoms with Crippen LogP contribution in [0.25, 0.3) is 10.4 Å². The molecule has 0 saturated heterocycles. The van der Waals surface area contributed by atoms with Gasteiger partial charge in [-0.05, 0) is 43.0 Å². The molecule has 2 aromatic heterocycles. The van der Waals surface area contributed by atoms with Crippen LogP contribution in [0.4, 0.5) is 11.8 Å². The molecule has 2 heterocycles. The summed E-state index contributed by atoms with van der Waals surface area (Å²) in [5.41, 5.74) is 7.76. The molecular formula is C16H22N4OS. The molecule has 4 N–H and O–H groups in total. The Balaban J connectivity index is 1.90. The number of hydrogen-bond acceptors (Lipinski definition) is 6. The number of aliphatic hydroxyl groups is 1. The Morgan fingerprint density at radius 3 is 2.86 bits per heavy atom. The summed E-state index contributed by atoms with van der Waals surface area (Å²) in [6.45, 7) is 4.41. The molecule has 0 bridgehead atoms. The van der Waals surface area contributed by atoms with Gasteiger partial charge in [-0.1, -0.05) is 13.0 Å². The molecule has 3 rings (SSSR count). The molecule has 0 radical (unpaired) electrons. The molecule has 22 heavy (non-hydrogen) atoms. The molecule has 1 aliphatic carbocycles. The maximum absolute atomic E-state index is 9.44. The van der Waals surface area contributed by atoms with Gasteiger partial charge in [-0.3, -0.25) is 0 Å². The van der Waals surface area contributed by atoms with Crippen LogP contribution >= 0.6 is 11.3 Å². The highest BCUT2D eigenvalue weighted by Gasteiger charge is 2.31. The van der Waals surface area contributed by atoms with Crippen LogP contribution < -0.4 is 11.1 Å². The molecule has 118 valence electrons. The van der Waals surface area contributed by atoms with Crippen molar-refractivity contribution in [2.24, 2.45) is 11.8 Å². The van der Waals surface area contributed by atoms with E-state index in [-0.39, 0.29) is 6.61 Å². The van der Waals surface area contributed by atoms with E-state index >= 15 is 0 Å². The van der Waals surface area contributed by atoms with Crippen molar-refractivity contribution in [2.45, 2.75) is 32.7 Å². The lowest BCUT2D eigenvalue weighted by atomic mass is 10.00. The number of aromatic nitrogens is 2. The second-order valence-corrected chi connectivity index (χ2v) is 7.05. The van der Waals surface area contributed by atoms with Gasteiger partial charge in [-0.2, -0.15) is 4.98 Å². The lowest BCUT2D eigenvalue weighted by Crippen LogP contribution is -2.19. The number of nitrogens with two attached hydrogens (primary N) is 1. The normalized spacial score (nSPS) is 24.6. The van der Waals surface area contributed by atoms with Gasteiger partial charge in [-0.15, -0.1) is 11.3 Å². The number of rotatable bonds is 4. The molecule has 1 fully saturated rings. The van der Waals surface area contributed by atoms with Crippen LogP contribution in [0.1, 0.15) is 25.5 Å². The molecular weight excluding hydrogens is 296 g/mol. The van der Waals surface area contributed by atoms with E-state index in [0.717, 1.165) is 34.8 Å². The van der Waals surface area contributed by atoms with Gasteiger partial charge >= 0.3 is 0 Å². The first-order valence-corrected chi connectivity index (χ1v) is 8.51. The number of hydrogen-bond donors (Lipinski definition) is 3. The molecule has 5 nitrogen and oxygen atoms in total. The van der Waals surface area contributed by atoms with Crippen molar-refractivity contribution in [3.63, 3.8) is 0 Å². The molecule has 0 aromatic carbocycles. The molecule has 1 aliphatic rings. The Kier molecular flexibility index (Phi) is 4.31. The molecule has 0 unspecified atom stereocenters. The van der Waals surface area contributed by atoms with E-state index < -0.39 is 0 Å². The van der Waals surface area contributed by atoms with Crippen molar-refractivity contribution in [2.75, 3.05) is 17.7 Å². The van der Waals surface area contributed by atoms with E-state index in [4.69, 9.17) is 5.73 Å². The van der Waals surface area contributed by atoms with E-state index in [2.05, 4.69) is 28.3 Å². The van der Waals surface area contributed by atoms with E-state index in [0.29, 0.717) is 23.8 Å². The van der Waals surface area contributed by atoms with Crippen molar-refractivity contribution >= 4 is 23.1 Å². The summed E-state index contributed by atoms with van der Waals surface area (Å²) < 4.78 is 0. The fraction of sp³-hybridized carbons (Fsp3) is 0.500. The zero-order valence-electron chi connectivity index (χ0n) is 12.9. The number of aliphatic hydroxyl groups excluding tert-OH is 1. The maximum atomic E-state index is 9.44. The standard InChI is InChI=1S/C16H22N4OS/c1-9-6-12(7-11(9)8-21)19-15-14(13-4-3-5-22-13)10(2)18-16(17)20-15/h3-5,9,11-12,21H,6-8H2,1-2H3,(H3,17,18,19,20)/t9-,11+,12-/m0/s1. The van der Waals surface area contributed by atoms with Crippen LogP contribution in [0, 0.1) is 18.8 Å². The summed E-state index contributed by atoms with van der Waals surface area (Å²) >= 11 is 1.67. The van der Waals surface area contributed by atoms with E-state index in [1.165, 1.54) is 0 Å². The highest BCUT2D eigenvalue weighted by atomic mass is 32.1. The van der Waals surface area contributed by atoms with Crippen molar-refractivity contribution in [1.82, 2.24) is 9.97 Å². The monoisotopic (exact) mass is 318 g/mol. The third-order valence-corrected chi connectivity index (χ3v) is 5.39. The van der Waals surface area contributed by atoms with Gasteiger partial charge < -0.3 is 16.2 Å². The molecule has 6 heteroatoms. The second kappa shape index (κ2) is 6.22. The molecule has 2 aromatic rings. The molecule has 1 saturated carbocycles. The Morgan fingerprint density at radius 2 is 2.23 bits per heavy atom. The maximum Gasteiger partial charge on any atom is 0.222 e. The third-order valence-electron chi connectivity index (χ3n) is 4.50. The average molecular weight is 318 g/mol. The number of nitrogens with one attached hydrogen (secondary N) is 1. The fourth-order valence-electron chi connectivity index (χ4n) is 3.32. The zero-order valence-corrected chi connectivity index (χ0v) is 13.7. The Morgan fingerprint density at radius 1 is 1.41 bits per heavy atom. The molecule has 0 aliphatic heterocycles. The van der Waals surface area contributed by atoms with Gasteiger partial charge in [0.25, 0.3) is 0 Å². The van der Waals surface area contributed by atoms with Crippen molar-refractivity contribution < 1.29 is 5.11 Å². The number of nitrogens with zero attached hydrogens (tertiary/aromatic N) is 2. The number of anilines is 2. The van der Waals surface area contributed by atoms with E-state index in [1.54, 1.807) is 11.3 Å². The first kappa shape index (κ1) is 15.2. The largest absolute Gasteiger partial charge is 0.396 e. The highest BCUT2D eigenvalue weighted by Crippen LogP contribution is 2.37. The topological polar surface area (TPSA) is 84.1 Å². The number of thiophene rings is 1. The summed E-state index contributed by atoms with van der Waals surface area (Å²) in [5.74, 6) is 1.99. The van der Waals surface area contributed by atoms with Gasteiger partial charge in [0, 0.05) is 17.5 Å². The average Bonchev–Trinajstić information content (AvgIpc) is 3.08. The SMILES string of the molecule is Cc1nc(N)nc(N[C@@H]2C[C@H](CO)[C@@H](C)C2)c1-c1cccs1. The third kappa shape index (κ3) is 2.94. The number of aryl methyl sites for hydroxylation is 1. The summed E-state index contributed by atoms with van der Waals surface area (Å²) in [6, 6.07) is 4.42. The van der Waals surface area contributed by atoms with Crippen LogP contribution in [0.5, 0.6) is 0 Å². The minimum absolute atomic E-state index is 0.252. The Bertz CT molecular complexity index is 644. The lowest BCUT2D eigenvalue weighted by Gasteiger charge is -2.17. The minimum atomic E-state index is 0.252. The van der Waals surface area contributed by atoms with E-state index in [1.807, 2.05) is 18.4 Å². The van der Waals surface area contributed by atoms with Gasteiger partial charge in [0.15, 0.2) is 0 Å². The smallest absolute Gasteiger partial charge is 0.222 e. The van der Waals surface area contributed by atoms with Gasteiger partial charge in [0.05, 0.1) is 11.3 Å². The first-order chi connectivity index (χ1) is 10.6. The number of nitrogen functional groups attached to an aromatic ring is 1. The highest BCUT2D eigenvalue weighted by molar-refractivity contribution is 7.13. The molecule has 3 atom stereocenters. The molecule has 0 spiro atoms. The van der Waals surface area contributed by atoms with Crippen molar-refractivity contribution in [1.29, 1.82) is 0 Å². The van der Waals surface area contributed by atoms with Crippen LogP contribution in [0.3, 0.4) is 0 Å². The summed E-state index contributed by atoms with van der Waals surface area (Å²) in [5, 5.41) is 15.0.